The van der Waals surface area contributed by atoms with Crippen molar-refractivity contribution in [3.63, 3.8) is 0 Å². The SMILES string of the molecule is CCOC1(c2noc(-c3csc(CN)n3)n2)CCCCC1. The van der Waals surface area contributed by atoms with E-state index >= 15 is 0 Å². The van der Waals surface area contributed by atoms with E-state index in [-0.39, 0.29) is 5.60 Å². The minimum absolute atomic E-state index is 0.387. The summed E-state index contributed by atoms with van der Waals surface area (Å²) in [6, 6.07) is 0. The first kappa shape index (κ1) is 14.6. The summed E-state index contributed by atoms with van der Waals surface area (Å²) in [6.07, 6.45) is 5.41. The molecule has 2 heterocycles. The highest BCUT2D eigenvalue weighted by molar-refractivity contribution is 7.09. The molecule has 7 heteroatoms. The first-order valence-corrected chi connectivity index (χ1v) is 8.28. The molecule has 0 saturated heterocycles. The fourth-order valence-electron chi connectivity index (χ4n) is 2.85. The number of hydrogen-bond donors (Lipinski definition) is 1. The third kappa shape index (κ3) is 2.86. The molecular formula is C14H20N4O2S. The molecule has 3 rings (SSSR count). The highest BCUT2D eigenvalue weighted by atomic mass is 32.1. The van der Waals surface area contributed by atoms with E-state index in [1.807, 2.05) is 12.3 Å². The van der Waals surface area contributed by atoms with Gasteiger partial charge in [-0.05, 0) is 19.8 Å². The van der Waals surface area contributed by atoms with Crippen molar-refractivity contribution < 1.29 is 9.26 Å². The number of aromatic nitrogens is 3. The fourth-order valence-corrected chi connectivity index (χ4v) is 3.50. The van der Waals surface area contributed by atoms with Crippen molar-refractivity contribution >= 4 is 11.3 Å². The van der Waals surface area contributed by atoms with Crippen LogP contribution in [-0.4, -0.2) is 21.7 Å². The Labute approximate surface area is 127 Å². The molecule has 2 aromatic rings. The van der Waals surface area contributed by atoms with E-state index in [9.17, 15) is 0 Å². The fraction of sp³-hybridized carbons (Fsp3) is 0.643. The van der Waals surface area contributed by atoms with E-state index in [0.717, 1.165) is 30.7 Å². The summed E-state index contributed by atoms with van der Waals surface area (Å²) in [7, 11) is 0. The second-order valence-electron chi connectivity index (χ2n) is 5.24. The van der Waals surface area contributed by atoms with Gasteiger partial charge < -0.3 is 15.0 Å². The van der Waals surface area contributed by atoms with Crippen LogP contribution < -0.4 is 5.73 Å². The van der Waals surface area contributed by atoms with Crippen LogP contribution in [0.2, 0.25) is 0 Å². The summed E-state index contributed by atoms with van der Waals surface area (Å²) in [5, 5.41) is 6.92. The lowest BCUT2D eigenvalue weighted by Gasteiger charge is -2.33. The maximum absolute atomic E-state index is 6.01. The van der Waals surface area contributed by atoms with Gasteiger partial charge in [-0.25, -0.2) is 4.98 Å². The second kappa shape index (κ2) is 6.21. The van der Waals surface area contributed by atoms with E-state index in [2.05, 4.69) is 15.1 Å². The van der Waals surface area contributed by atoms with Gasteiger partial charge in [0.15, 0.2) is 0 Å². The lowest BCUT2D eigenvalue weighted by molar-refractivity contribution is -0.0777. The van der Waals surface area contributed by atoms with Gasteiger partial charge in [-0.1, -0.05) is 24.4 Å². The molecule has 0 unspecified atom stereocenters. The number of nitrogens with two attached hydrogens (primary N) is 1. The standard InChI is InChI=1S/C14H20N4O2S/c1-2-19-14(6-4-3-5-7-14)13-17-12(20-18-13)10-9-21-11(8-15)16-10/h9H,2-8,15H2,1H3. The molecule has 0 aromatic carbocycles. The molecule has 2 aromatic heterocycles. The zero-order valence-corrected chi connectivity index (χ0v) is 13.0. The van der Waals surface area contributed by atoms with E-state index < -0.39 is 0 Å². The van der Waals surface area contributed by atoms with Gasteiger partial charge in [-0.2, -0.15) is 4.98 Å². The van der Waals surface area contributed by atoms with Crippen LogP contribution in [0.5, 0.6) is 0 Å². The molecule has 114 valence electrons. The zero-order valence-electron chi connectivity index (χ0n) is 12.2. The molecule has 1 aliphatic rings. The van der Waals surface area contributed by atoms with E-state index in [4.69, 9.17) is 15.0 Å². The van der Waals surface area contributed by atoms with Crippen molar-refractivity contribution in [2.24, 2.45) is 5.73 Å². The molecule has 1 saturated carbocycles. The normalized spacial score (nSPS) is 18.0. The summed E-state index contributed by atoms with van der Waals surface area (Å²) in [6.45, 7) is 3.08. The molecule has 21 heavy (non-hydrogen) atoms. The molecule has 0 radical (unpaired) electrons. The van der Waals surface area contributed by atoms with Crippen molar-refractivity contribution in [3.05, 3.63) is 16.2 Å². The topological polar surface area (TPSA) is 87.1 Å². The average Bonchev–Trinajstić information content (AvgIpc) is 3.17. The van der Waals surface area contributed by atoms with Gasteiger partial charge in [0.05, 0.1) is 0 Å². The van der Waals surface area contributed by atoms with Crippen molar-refractivity contribution in [2.45, 2.75) is 51.2 Å². The molecule has 1 fully saturated rings. The molecular weight excluding hydrogens is 288 g/mol. The van der Waals surface area contributed by atoms with Crippen LogP contribution in [0.1, 0.15) is 49.9 Å². The molecule has 1 aliphatic carbocycles. The predicted octanol–water partition coefficient (Wildman–Crippen LogP) is 2.85. The number of ether oxygens (including phenoxy) is 1. The first-order chi connectivity index (χ1) is 10.3. The minimum Gasteiger partial charge on any atom is -0.367 e. The minimum atomic E-state index is -0.387. The first-order valence-electron chi connectivity index (χ1n) is 7.40. The Balaban J connectivity index is 1.88. The van der Waals surface area contributed by atoms with Crippen molar-refractivity contribution in [3.8, 4) is 11.6 Å². The largest absolute Gasteiger partial charge is 0.367 e. The highest BCUT2D eigenvalue weighted by Gasteiger charge is 2.39. The van der Waals surface area contributed by atoms with Crippen LogP contribution in [0.25, 0.3) is 11.6 Å². The van der Waals surface area contributed by atoms with Crippen LogP contribution >= 0.6 is 11.3 Å². The average molecular weight is 308 g/mol. The maximum atomic E-state index is 6.01. The lowest BCUT2D eigenvalue weighted by atomic mass is 9.84. The second-order valence-corrected chi connectivity index (χ2v) is 6.18. The Bertz CT molecular complexity index is 584. The molecule has 6 nitrogen and oxygen atoms in total. The van der Waals surface area contributed by atoms with Gasteiger partial charge in [0.2, 0.25) is 5.82 Å². The van der Waals surface area contributed by atoms with Gasteiger partial charge in [-0.3, -0.25) is 0 Å². The highest BCUT2D eigenvalue weighted by Crippen LogP contribution is 2.39. The van der Waals surface area contributed by atoms with Crippen LogP contribution in [0.4, 0.5) is 0 Å². The van der Waals surface area contributed by atoms with E-state index in [1.54, 1.807) is 0 Å². The summed E-state index contributed by atoms with van der Waals surface area (Å²) in [5.41, 5.74) is 5.89. The summed E-state index contributed by atoms with van der Waals surface area (Å²) in [5.74, 6) is 1.10. The maximum Gasteiger partial charge on any atom is 0.277 e. The summed E-state index contributed by atoms with van der Waals surface area (Å²) < 4.78 is 11.4. The smallest absolute Gasteiger partial charge is 0.277 e. The predicted molar refractivity (Wildman–Crippen MR) is 79.7 cm³/mol. The van der Waals surface area contributed by atoms with Crippen LogP contribution in [0.15, 0.2) is 9.90 Å². The van der Waals surface area contributed by atoms with Gasteiger partial charge >= 0.3 is 0 Å². The van der Waals surface area contributed by atoms with Crippen molar-refractivity contribution in [2.75, 3.05) is 6.61 Å². The molecule has 0 aliphatic heterocycles. The number of hydrogen-bond acceptors (Lipinski definition) is 7. The van der Waals surface area contributed by atoms with Gasteiger partial charge in [0.25, 0.3) is 5.89 Å². The van der Waals surface area contributed by atoms with Crippen LogP contribution in [0, 0.1) is 0 Å². The zero-order chi connectivity index (χ0) is 14.7. The van der Waals surface area contributed by atoms with Crippen molar-refractivity contribution in [1.82, 2.24) is 15.1 Å². The van der Waals surface area contributed by atoms with E-state index in [0.29, 0.717) is 30.6 Å². The van der Waals surface area contributed by atoms with Gasteiger partial charge in [-0.15, -0.1) is 11.3 Å². The Hall–Kier alpha value is -1.31. The number of rotatable bonds is 5. The molecule has 0 atom stereocenters. The molecule has 0 amide bonds. The Morgan fingerprint density at radius 1 is 1.33 bits per heavy atom. The molecule has 0 spiro atoms. The third-order valence-electron chi connectivity index (χ3n) is 3.86. The summed E-state index contributed by atoms with van der Waals surface area (Å²) in [4.78, 5) is 8.93. The number of thiazole rings is 1. The molecule has 2 N–H and O–H groups in total. The van der Waals surface area contributed by atoms with Gasteiger partial charge in [0, 0.05) is 18.5 Å². The van der Waals surface area contributed by atoms with E-state index in [1.165, 1.54) is 17.8 Å². The van der Waals surface area contributed by atoms with Gasteiger partial charge in [0.1, 0.15) is 16.3 Å². The lowest BCUT2D eigenvalue weighted by Crippen LogP contribution is -2.33. The quantitative estimate of drug-likeness (QED) is 0.914. The number of nitrogens with zero attached hydrogens (tertiary/aromatic N) is 3. The summed E-state index contributed by atoms with van der Waals surface area (Å²) >= 11 is 1.50. The van der Waals surface area contributed by atoms with Crippen LogP contribution in [-0.2, 0) is 16.9 Å². The monoisotopic (exact) mass is 308 g/mol. The Morgan fingerprint density at radius 2 is 2.14 bits per heavy atom. The van der Waals surface area contributed by atoms with Crippen molar-refractivity contribution in [1.29, 1.82) is 0 Å². The van der Waals surface area contributed by atoms with Crippen LogP contribution in [0.3, 0.4) is 0 Å². The Morgan fingerprint density at radius 3 is 2.81 bits per heavy atom. The Kier molecular flexibility index (Phi) is 4.32. The molecule has 0 bridgehead atoms. The third-order valence-corrected chi connectivity index (χ3v) is 4.73.